The van der Waals surface area contributed by atoms with Crippen molar-refractivity contribution in [2.75, 3.05) is 0 Å². The van der Waals surface area contributed by atoms with Gasteiger partial charge in [0.15, 0.2) is 0 Å². The molecule has 13 heavy (non-hydrogen) atoms. The average Bonchev–Trinajstić information content (AvgIpc) is 2.47. The number of fused-ring (bicyclic) bond motifs is 1. The van der Waals surface area contributed by atoms with E-state index in [4.69, 9.17) is 0 Å². The fourth-order valence-electron chi connectivity index (χ4n) is 1.49. The highest BCUT2D eigenvalue weighted by atomic mass is 15.0. The van der Waals surface area contributed by atoms with E-state index < -0.39 is 0 Å². The van der Waals surface area contributed by atoms with Crippen molar-refractivity contribution < 1.29 is 0 Å². The zero-order chi connectivity index (χ0) is 9.42. The molecule has 0 saturated heterocycles. The number of nitrogens with zero attached hydrogens (tertiary/aromatic N) is 2. The van der Waals surface area contributed by atoms with E-state index in [-0.39, 0.29) is 0 Å². The highest BCUT2D eigenvalue weighted by molar-refractivity contribution is 5.76. The van der Waals surface area contributed by atoms with Gasteiger partial charge in [0.2, 0.25) is 0 Å². The molecule has 0 fully saturated rings. The Kier molecular flexibility index (Phi) is 1.83. The fraction of sp³-hybridized carbons (Fsp3) is 0.364. The van der Waals surface area contributed by atoms with Gasteiger partial charge in [-0.1, -0.05) is 13.8 Å². The Balaban J connectivity index is 2.63. The quantitative estimate of drug-likeness (QED) is 0.650. The summed E-state index contributed by atoms with van der Waals surface area (Å²) in [6, 6.07) is 4.32. The van der Waals surface area contributed by atoms with Crippen LogP contribution in [-0.4, -0.2) is 9.55 Å². The lowest BCUT2D eigenvalue weighted by atomic mass is 10.1. The van der Waals surface area contributed by atoms with E-state index in [1.165, 1.54) is 10.9 Å². The number of aromatic nitrogens is 2. The lowest BCUT2D eigenvalue weighted by Crippen LogP contribution is -1.91. The molecule has 2 rings (SSSR count). The van der Waals surface area contributed by atoms with E-state index in [0.717, 1.165) is 5.65 Å². The van der Waals surface area contributed by atoms with Gasteiger partial charge in [-0.25, -0.2) is 4.98 Å². The van der Waals surface area contributed by atoms with Crippen LogP contribution in [0.4, 0.5) is 0 Å². The molecule has 0 aliphatic heterocycles. The molecule has 2 heterocycles. The molecule has 2 aromatic rings. The smallest absolute Gasteiger partial charge is 0.139 e. The summed E-state index contributed by atoms with van der Waals surface area (Å²) in [4.78, 5) is 4.42. The van der Waals surface area contributed by atoms with Crippen LogP contribution in [0, 0.1) is 0 Å². The highest BCUT2D eigenvalue weighted by Gasteiger charge is 2.03. The summed E-state index contributed by atoms with van der Waals surface area (Å²) in [5.41, 5.74) is 2.36. The first-order valence-electron chi connectivity index (χ1n) is 4.59. The van der Waals surface area contributed by atoms with E-state index in [2.05, 4.69) is 31.0 Å². The van der Waals surface area contributed by atoms with Crippen LogP contribution >= 0.6 is 0 Å². The van der Waals surface area contributed by atoms with Crippen molar-refractivity contribution in [1.82, 2.24) is 9.55 Å². The van der Waals surface area contributed by atoms with E-state index in [1.54, 1.807) is 0 Å². The van der Waals surface area contributed by atoms with Gasteiger partial charge in [-0.15, -0.1) is 0 Å². The van der Waals surface area contributed by atoms with Gasteiger partial charge in [-0.3, -0.25) is 0 Å². The van der Waals surface area contributed by atoms with Crippen LogP contribution in [0.25, 0.3) is 11.0 Å². The van der Waals surface area contributed by atoms with Gasteiger partial charge in [-0.05, 0) is 23.6 Å². The number of hydrogen-bond donors (Lipinski definition) is 0. The molecule has 0 spiro atoms. The summed E-state index contributed by atoms with van der Waals surface area (Å²) in [6.45, 7) is 4.37. The van der Waals surface area contributed by atoms with Crippen molar-refractivity contribution in [3.8, 4) is 0 Å². The molecule has 0 aromatic carbocycles. The summed E-state index contributed by atoms with van der Waals surface area (Å²) in [5, 5.41) is 1.23. The summed E-state index contributed by atoms with van der Waals surface area (Å²) in [5.74, 6) is 0.553. The molecule has 68 valence electrons. The van der Waals surface area contributed by atoms with Crippen LogP contribution < -0.4 is 0 Å². The fourth-order valence-corrected chi connectivity index (χ4v) is 1.49. The predicted molar refractivity (Wildman–Crippen MR) is 54.8 cm³/mol. The van der Waals surface area contributed by atoms with Gasteiger partial charge in [0.1, 0.15) is 5.65 Å². The van der Waals surface area contributed by atoms with E-state index in [9.17, 15) is 0 Å². The van der Waals surface area contributed by atoms with Gasteiger partial charge < -0.3 is 4.57 Å². The molecular formula is C11H14N2. The molecule has 0 bridgehead atoms. The minimum Gasteiger partial charge on any atom is -0.336 e. The average molecular weight is 174 g/mol. The second kappa shape index (κ2) is 2.87. The Morgan fingerprint density at radius 1 is 1.38 bits per heavy atom. The molecule has 0 unspecified atom stereocenters. The summed E-state index contributed by atoms with van der Waals surface area (Å²) >= 11 is 0. The molecule has 2 heteroatoms. The zero-order valence-corrected chi connectivity index (χ0v) is 8.28. The lowest BCUT2D eigenvalue weighted by Gasteiger charge is -2.04. The van der Waals surface area contributed by atoms with Gasteiger partial charge in [0.25, 0.3) is 0 Å². The summed E-state index contributed by atoms with van der Waals surface area (Å²) < 4.78 is 2.04. The Morgan fingerprint density at radius 3 is 2.85 bits per heavy atom. The molecule has 2 aromatic heterocycles. The first-order valence-corrected chi connectivity index (χ1v) is 4.59. The Bertz CT molecular complexity index is 427. The Labute approximate surface area is 78.2 Å². The maximum Gasteiger partial charge on any atom is 0.139 e. The maximum absolute atomic E-state index is 4.42. The van der Waals surface area contributed by atoms with E-state index in [0.29, 0.717) is 5.92 Å². The minimum atomic E-state index is 0.553. The van der Waals surface area contributed by atoms with Crippen molar-refractivity contribution in [1.29, 1.82) is 0 Å². The van der Waals surface area contributed by atoms with Crippen LogP contribution in [-0.2, 0) is 7.05 Å². The van der Waals surface area contributed by atoms with Gasteiger partial charge in [-0.2, -0.15) is 0 Å². The molecule has 0 radical (unpaired) electrons. The monoisotopic (exact) mass is 174 g/mol. The Morgan fingerprint density at radius 2 is 2.15 bits per heavy atom. The third-order valence-corrected chi connectivity index (χ3v) is 2.39. The minimum absolute atomic E-state index is 0.553. The molecule has 0 aliphatic rings. The highest BCUT2D eigenvalue weighted by Crippen LogP contribution is 2.19. The second-order valence-corrected chi connectivity index (χ2v) is 3.76. The number of aryl methyl sites for hydroxylation is 1. The van der Waals surface area contributed by atoms with Crippen molar-refractivity contribution in [3.63, 3.8) is 0 Å². The second-order valence-electron chi connectivity index (χ2n) is 3.76. The van der Waals surface area contributed by atoms with E-state index in [1.807, 2.05) is 24.0 Å². The molecule has 0 saturated carbocycles. The molecule has 0 N–H and O–H groups in total. The van der Waals surface area contributed by atoms with Crippen LogP contribution in [0.2, 0.25) is 0 Å². The molecule has 0 amide bonds. The third-order valence-electron chi connectivity index (χ3n) is 2.39. The predicted octanol–water partition coefficient (Wildman–Crippen LogP) is 2.70. The van der Waals surface area contributed by atoms with Gasteiger partial charge >= 0.3 is 0 Å². The van der Waals surface area contributed by atoms with Crippen molar-refractivity contribution in [3.05, 3.63) is 30.1 Å². The molecule has 0 aliphatic carbocycles. The molecular weight excluding hydrogens is 160 g/mol. The number of rotatable bonds is 1. The van der Waals surface area contributed by atoms with Crippen molar-refractivity contribution >= 4 is 11.0 Å². The first kappa shape index (κ1) is 8.30. The van der Waals surface area contributed by atoms with Crippen molar-refractivity contribution in [2.24, 2.45) is 7.05 Å². The maximum atomic E-state index is 4.42. The van der Waals surface area contributed by atoms with Crippen LogP contribution in [0.3, 0.4) is 0 Å². The SMILES string of the molecule is CC(C)c1cnc2c(ccn2C)c1. The van der Waals surface area contributed by atoms with E-state index >= 15 is 0 Å². The standard InChI is InChI=1S/C11H14N2/c1-8(2)10-6-9-4-5-13(3)11(9)12-7-10/h4-8H,1-3H3. The van der Waals surface area contributed by atoms with Gasteiger partial charge in [0.05, 0.1) is 0 Å². The number of pyridine rings is 1. The van der Waals surface area contributed by atoms with Crippen molar-refractivity contribution in [2.45, 2.75) is 19.8 Å². The van der Waals surface area contributed by atoms with Gasteiger partial charge in [0, 0.05) is 24.8 Å². The van der Waals surface area contributed by atoms with Crippen LogP contribution in [0.5, 0.6) is 0 Å². The molecule has 0 atom stereocenters. The summed E-state index contributed by atoms with van der Waals surface area (Å²) in [6.07, 6.45) is 4.01. The normalized spacial score (nSPS) is 11.4. The largest absolute Gasteiger partial charge is 0.336 e. The third kappa shape index (κ3) is 1.32. The first-order chi connectivity index (χ1) is 6.18. The summed E-state index contributed by atoms with van der Waals surface area (Å²) in [7, 11) is 2.02. The van der Waals surface area contributed by atoms with Crippen LogP contribution in [0.15, 0.2) is 24.5 Å². The van der Waals surface area contributed by atoms with Crippen LogP contribution in [0.1, 0.15) is 25.3 Å². The lowest BCUT2D eigenvalue weighted by molar-refractivity contribution is 0.858. The topological polar surface area (TPSA) is 17.8 Å². The zero-order valence-electron chi connectivity index (χ0n) is 8.28. The Hall–Kier alpha value is -1.31. The number of hydrogen-bond acceptors (Lipinski definition) is 1. The molecule has 2 nitrogen and oxygen atoms in total.